The zero-order valence-electron chi connectivity index (χ0n) is 20.1. The van der Waals surface area contributed by atoms with Crippen molar-refractivity contribution in [2.24, 2.45) is 0 Å². The van der Waals surface area contributed by atoms with Gasteiger partial charge in [-0.05, 0) is 24.0 Å². The second-order valence-corrected chi connectivity index (χ2v) is 16.9. The molecule has 0 spiro atoms. The minimum atomic E-state index is -1.85. The molecule has 2 atom stereocenters. The van der Waals surface area contributed by atoms with Crippen LogP contribution in [-0.4, -0.2) is 4.21 Å². The standard InChI is InChI=1S/2C16H13.CH2.2ClH.Zr/c2*1-2-6-13(7-3-1)12-15-11-10-14-8-4-5-9-16(14)15;;;;/h2*1-10,15H,12H2;1H2;2*1H;/q2*-1;;;;+2/p-2. The van der Waals surface area contributed by atoms with Gasteiger partial charge in [0.2, 0.25) is 0 Å². The van der Waals surface area contributed by atoms with E-state index in [9.17, 15) is 0 Å². The van der Waals surface area contributed by atoms with Crippen molar-refractivity contribution in [1.82, 2.24) is 0 Å². The predicted molar refractivity (Wildman–Crippen MR) is 153 cm³/mol. The third kappa shape index (κ3) is 7.84. The number of benzene rings is 4. The Morgan fingerprint density at radius 3 is 1.28 bits per heavy atom. The van der Waals surface area contributed by atoms with E-state index in [1.807, 2.05) is 0 Å². The van der Waals surface area contributed by atoms with E-state index in [1.54, 1.807) is 0 Å². The molecular formula is C33H28Cl2Zr-2. The summed E-state index contributed by atoms with van der Waals surface area (Å²) in [6, 6.07) is 38.4. The van der Waals surface area contributed by atoms with Crippen LogP contribution in [-0.2, 0) is 31.7 Å². The summed E-state index contributed by atoms with van der Waals surface area (Å²) >= 11 is -1.85. The molecule has 0 N–H and O–H groups in total. The van der Waals surface area contributed by atoms with Gasteiger partial charge in [-0.2, -0.15) is 11.1 Å². The van der Waals surface area contributed by atoms with Crippen molar-refractivity contribution in [3.05, 3.63) is 155 Å². The molecule has 2 aliphatic rings. The van der Waals surface area contributed by atoms with Crippen LogP contribution in [0.2, 0.25) is 0 Å². The van der Waals surface area contributed by atoms with Gasteiger partial charge in [-0.15, -0.1) is 23.3 Å². The molecule has 4 aromatic carbocycles. The molecule has 0 radical (unpaired) electrons. The van der Waals surface area contributed by atoms with E-state index in [2.05, 4.69) is 138 Å². The molecule has 36 heavy (non-hydrogen) atoms. The molecule has 0 saturated carbocycles. The van der Waals surface area contributed by atoms with E-state index in [1.165, 1.54) is 33.4 Å². The van der Waals surface area contributed by atoms with E-state index >= 15 is 0 Å². The fourth-order valence-corrected chi connectivity index (χ4v) is 4.52. The van der Waals surface area contributed by atoms with Gasteiger partial charge in [0.1, 0.15) is 0 Å². The number of hydrogen-bond donors (Lipinski definition) is 0. The molecule has 0 aromatic heterocycles. The summed E-state index contributed by atoms with van der Waals surface area (Å²) in [5.41, 5.74) is 8.22. The van der Waals surface area contributed by atoms with Crippen molar-refractivity contribution in [3.8, 4) is 0 Å². The third-order valence-corrected chi connectivity index (χ3v) is 6.19. The van der Waals surface area contributed by atoms with Crippen LogP contribution in [0.1, 0.15) is 45.2 Å². The Bertz CT molecular complexity index is 1220. The van der Waals surface area contributed by atoms with Crippen molar-refractivity contribution in [1.29, 1.82) is 0 Å². The van der Waals surface area contributed by atoms with Crippen molar-refractivity contribution in [2.45, 2.75) is 24.7 Å². The second-order valence-electron chi connectivity index (χ2n) is 8.70. The van der Waals surface area contributed by atoms with E-state index in [4.69, 9.17) is 17.0 Å². The molecule has 180 valence electrons. The molecular weight excluding hydrogens is 558 g/mol. The van der Waals surface area contributed by atoms with E-state index in [0.29, 0.717) is 11.8 Å². The molecule has 3 heteroatoms. The number of allylic oxidation sites excluding steroid dienone is 2. The molecule has 0 bridgehead atoms. The molecule has 6 rings (SSSR count). The first-order chi connectivity index (χ1) is 17.6. The van der Waals surface area contributed by atoms with E-state index < -0.39 is 18.9 Å². The molecule has 2 aliphatic carbocycles. The van der Waals surface area contributed by atoms with Crippen LogP contribution in [0, 0.1) is 12.2 Å². The maximum atomic E-state index is 5.13. The van der Waals surface area contributed by atoms with Crippen molar-refractivity contribution < 1.29 is 18.9 Å². The Balaban J connectivity index is 0.000000148. The fourth-order valence-electron chi connectivity index (χ4n) is 4.52. The number of halogens is 2. The maximum absolute atomic E-state index is 5.13. The molecule has 4 aromatic rings. The van der Waals surface area contributed by atoms with Crippen LogP contribution < -0.4 is 0 Å². The van der Waals surface area contributed by atoms with Gasteiger partial charge in [0.15, 0.2) is 0 Å². The van der Waals surface area contributed by atoms with Crippen LogP contribution in [0.3, 0.4) is 0 Å². The number of hydrogen-bond acceptors (Lipinski definition) is 0. The molecule has 0 fully saturated rings. The Labute approximate surface area is 230 Å². The van der Waals surface area contributed by atoms with Crippen molar-refractivity contribution in [3.63, 3.8) is 0 Å². The summed E-state index contributed by atoms with van der Waals surface area (Å²) in [5, 5.41) is 0. The monoisotopic (exact) mass is 584 g/mol. The first-order valence-corrected chi connectivity index (χ1v) is 20.1. The normalized spacial score (nSPS) is 16.2. The van der Waals surface area contributed by atoms with Gasteiger partial charge >= 0.3 is 40.1 Å². The minimum absolute atomic E-state index is 0.429. The van der Waals surface area contributed by atoms with Crippen LogP contribution in [0.15, 0.2) is 109 Å². The number of fused-ring (bicyclic) bond motifs is 2. The molecule has 0 saturated heterocycles. The van der Waals surface area contributed by atoms with E-state index in [0.717, 1.165) is 12.8 Å². The topological polar surface area (TPSA) is 0 Å². The Morgan fingerprint density at radius 2 is 0.889 bits per heavy atom. The number of rotatable bonds is 4. The van der Waals surface area contributed by atoms with Gasteiger partial charge in [0.05, 0.1) is 0 Å². The molecule has 0 aliphatic heterocycles. The molecule has 0 amide bonds. The Kier molecular flexibility index (Phi) is 10.3. The molecule has 2 unspecified atom stereocenters. The summed E-state index contributed by atoms with van der Waals surface area (Å²) in [6.07, 6.45) is 13.2. The van der Waals surface area contributed by atoms with Gasteiger partial charge in [0.25, 0.3) is 0 Å². The van der Waals surface area contributed by atoms with Crippen LogP contribution in [0.4, 0.5) is 0 Å². The van der Waals surface area contributed by atoms with Gasteiger partial charge in [0, 0.05) is 0 Å². The molecule has 0 heterocycles. The van der Waals surface area contributed by atoms with Gasteiger partial charge in [-0.1, -0.05) is 109 Å². The van der Waals surface area contributed by atoms with Crippen LogP contribution >= 0.6 is 17.0 Å². The van der Waals surface area contributed by atoms with Crippen molar-refractivity contribution in [2.75, 3.05) is 0 Å². The van der Waals surface area contributed by atoms with Crippen LogP contribution in [0.25, 0.3) is 12.2 Å². The third-order valence-electron chi connectivity index (χ3n) is 6.19. The second kappa shape index (κ2) is 13.9. The summed E-state index contributed by atoms with van der Waals surface area (Å²) in [6.45, 7) is 0. The SMILES string of the molecule is [C-]1=Cc2ccccc2C1Cc1ccccc1.[C-]1=Cc2ccccc2C1Cc1ccccc1.[CH2]=[Zr]([Cl])[Cl]. The first kappa shape index (κ1) is 26.7. The quantitative estimate of drug-likeness (QED) is 0.209. The molecule has 0 nitrogen and oxygen atoms in total. The first-order valence-electron chi connectivity index (χ1n) is 12.0. The average Bonchev–Trinajstić information content (AvgIpc) is 3.50. The summed E-state index contributed by atoms with van der Waals surface area (Å²) < 4.78 is 3.37. The average molecular weight is 587 g/mol. The van der Waals surface area contributed by atoms with Crippen LogP contribution in [0.5, 0.6) is 0 Å². The van der Waals surface area contributed by atoms with Gasteiger partial charge in [-0.3, -0.25) is 12.2 Å². The summed E-state index contributed by atoms with van der Waals surface area (Å²) in [7, 11) is 10.3. The van der Waals surface area contributed by atoms with Gasteiger partial charge < -0.3 is 0 Å². The Morgan fingerprint density at radius 1 is 0.556 bits per heavy atom. The zero-order valence-corrected chi connectivity index (χ0v) is 24.0. The van der Waals surface area contributed by atoms with E-state index in [-0.39, 0.29) is 0 Å². The fraction of sp³-hybridized carbons (Fsp3) is 0.121. The van der Waals surface area contributed by atoms with Gasteiger partial charge in [-0.25, -0.2) is 12.2 Å². The summed E-state index contributed by atoms with van der Waals surface area (Å²) in [5.74, 6) is 0.859. The Hall–Kier alpha value is -2.31. The predicted octanol–water partition coefficient (Wildman–Crippen LogP) is 9.03. The summed E-state index contributed by atoms with van der Waals surface area (Å²) in [4.78, 5) is 0. The van der Waals surface area contributed by atoms with Crippen molar-refractivity contribution >= 4 is 33.4 Å². The zero-order chi connectivity index (χ0) is 25.2.